The van der Waals surface area contributed by atoms with E-state index < -0.39 is 0 Å². The van der Waals surface area contributed by atoms with Crippen LogP contribution in [0.25, 0.3) is 0 Å². The molecule has 19 heavy (non-hydrogen) atoms. The zero-order valence-corrected chi connectivity index (χ0v) is 12.6. The van der Waals surface area contributed by atoms with Crippen molar-refractivity contribution in [2.45, 2.75) is 39.3 Å². The predicted molar refractivity (Wildman–Crippen MR) is 78.5 cm³/mol. The highest BCUT2D eigenvalue weighted by molar-refractivity contribution is 7.14. The molecule has 1 amide bonds. The lowest BCUT2D eigenvalue weighted by molar-refractivity contribution is -0.116. The van der Waals surface area contributed by atoms with Gasteiger partial charge in [-0.1, -0.05) is 0 Å². The van der Waals surface area contributed by atoms with Crippen molar-refractivity contribution in [3.63, 3.8) is 0 Å². The van der Waals surface area contributed by atoms with Crippen LogP contribution in [0, 0.1) is 0 Å². The van der Waals surface area contributed by atoms with E-state index in [4.69, 9.17) is 0 Å². The summed E-state index contributed by atoms with van der Waals surface area (Å²) < 4.78 is 0. The zero-order chi connectivity index (χ0) is 13.9. The predicted octanol–water partition coefficient (Wildman–Crippen LogP) is 1.36. The number of amides is 1. The van der Waals surface area contributed by atoms with E-state index in [1.165, 1.54) is 11.3 Å². The highest BCUT2D eigenvalue weighted by atomic mass is 32.1. The number of carbonyl (C=O) groups is 1. The third-order valence-electron chi connectivity index (χ3n) is 3.53. The van der Waals surface area contributed by atoms with Crippen LogP contribution in [0.1, 0.15) is 32.9 Å². The van der Waals surface area contributed by atoms with Crippen LogP contribution in [0.4, 0.5) is 5.13 Å². The van der Waals surface area contributed by atoms with Gasteiger partial charge in [0, 0.05) is 37.5 Å². The van der Waals surface area contributed by atoms with Crippen molar-refractivity contribution in [3.8, 4) is 0 Å². The summed E-state index contributed by atoms with van der Waals surface area (Å²) >= 11 is 1.53. The van der Waals surface area contributed by atoms with Crippen molar-refractivity contribution in [1.29, 1.82) is 0 Å². The van der Waals surface area contributed by atoms with E-state index in [2.05, 4.69) is 22.5 Å². The Morgan fingerprint density at radius 1 is 1.68 bits per heavy atom. The number of nitrogens with zero attached hydrogens (tertiary/aromatic N) is 2. The molecule has 0 spiro atoms. The molecule has 1 unspecified atom stereocenters. The number of thiazole rings is 1. The van der Waals surface area contributed by atoms with Gasteiger partial charge in [0.25, 0.3) is 0 Å². The van der Waals surface area contributed by atoms with Crippen molar-refractivity contribution >= 4 is 22.4 Å². The number of hydrogen-bond donors (Lipinski definition) is 2. The minimum Gasteiger partial charge on any atom is -0.315 e. The Morgan fingerprint density at radius 2 is 2.47 bits per heavy atom. The summed E-state index contributed by atoms with van der Waals surface area (Å²) in [6.07, 6.45) is 1.14. The van der Waals surface area contributed by atoms with Gasteiger partial charge >= 0.3 is 0 Å². The van der Waals surface area contributed by atoms with Gasteiger partial charge in [0.2, 0.25) is 5.91 Å². The van der Waals surface area contributed by atoms with Gasteiger partial charge in [-0.05, 0) is 26.8 Å². The lowest BCUT2D eigenvalue weighted by atomic mass is 10.0. The van der Waals surface area contributed by atoms with Gasteiger partial charge < -0.3 is 10.6 Å². The minimum atomic E-state index is 0.0447. The Hall–Kier alpha value is -0.980. The molecular formula is C13H22N4OS. The third-order valence-corrected chi connectivity index (χ3v) is 4.44. The highest BCUT2D eigenvalue weighted by Gasteiger charge is 2.27. The molecule has 0 aromatic carbocycles. The van der Waals surface area contributed by atoms with Gasteiger partial charge in [0.05, 0.1) is 5.69 Å². The Balaban J connectivity index is 1.95. The van der Waals surface area contributed by atoms with Crippen LogP contribution in [-0.4, -0.2) is 36.1 Å². The second kappa shape index (κ2) is 5.98. The Kier molecular flexibility index (Phi) is 4.54. The van der Waals surface area contributed by atoms with E-state index in [0.717, 1.165) is 36.9 Å². The first-order valence-corrected chi connectivity index (χ1v) is 7.60. The summed E-state index contributed by atoms with van der Waals surface area (Å²) in [5.41, 5.74) is 1.17. The molecular weight excluding hydrogens is 260 g/mol. The van der Waals surface area contributed by atoms with E-state index in [0.29, 0.717) is 6.54 Å². The Labute approximate surface area is 118 Å². The number of hydrogen-bond acceptors (Lipinski definition) is 5. The normalized spacial score (nSPS) is 22.7. The van der Waals surface area contributed by atoms with Gasteiger partial charge in [-0.25, -0.2) is 4.98 Å². The lowest BCUT2D eigenvalue weighted by Crippen LogP contribution is -2.43. The first-order chi connectivity index (χ1) is 9.04. The third kappa shape index (κ3) is 3.52. The molecule has 106 valence electrons. The summed E-state index contributed by atoms with van der Waals surface area (Å²) in [7, 11) is 0. The first kappa shape index (κ1) is 14.4. The fourth-order valence-corrected chi connectivity index (χ4v) is 3.20. The van der Waals surface area contributed by atoms with Gasteiger partial charge in [-0.2, -0.15) is 0 Å². The maximum atomic E-state index is 11.5. The largest absolute Gasteiger partial charge is 0.315 e. The maximum Gasteiger partial charge on any atom is 0.225 e. The molecule has 1 saturated heterocycles. The molecule has 1 atom stereocenters. The van der Waals surface area contributed by atoms with Crippen molar-refractivity contribution in [2.75, 3.05) is 24.5 Å². The molecule has 0 aliphatic carbocycles. The van der Waals surface area contributed by atoms with Crippen LogP contribution in [0.3, 0.4) is 0 Å². The lowest BCUT2D eigenvalue weighted by Gasteiger charge is -2.23. The molecule has 1 aliphatic heterocycles. The minimum absolute atomic E-state index is 0.0447. The van der Waals surface area contributed by atoms with Crippen molar-refractivity contribution in [1.82, 2.24) is 15.6 Å². The van der Waals surface area contributed by atoms with Crippen LogP contribution in [-0.2, 0) is 11.3 Å². The average molecular weight is 282 g/mol. The molecule has 2 rings (SSSR count). The molecule has 2 N–H and O–H groups in total. The van der Waals surface area contributed by atoms with E-state index in [1.54, 1.807) is 11.8 Å². The van der Waals surface area contributed by atoms with Gasteiger partial charge in [0.15, 0.2) is 5.13 Å². The average Bonchev–Trinajstić information content (AvgIpc) is 2.97. The van der Waals surface area contributed by atoms with Crippen LogP contribution in [0.5, 0.6) is 0 Å². The van der Waals surface area contributed by atoms with Gasteiger partial charge in [-0.15, -0.1) is 11.3 Å². The second-order valence-electron chi connectivity index (χ2n) is 5.23. The van der Waals surface area contributed by atoms with E-state index in [9.17, 15) is 4.79 Å². The summed E-state index contributed by atoms with van der Waals surface area (Å²) in [5.74, 6) is 0.0447. The quantitative estimate of drug-likeness (QED) is 0.856. The van der Waals surface area contributed by atoms with Crippen molar-refractivity contribution in [3.05, 3.63) is 11.1 Å². The molecule has 0 saturated carbocycles. The molecule has 1 aromatic rings. The molecule has 1 fully saturated rings. The van der Waals surface area contributed by atoms with Gasteiger partial charge in [0.1, 0.15) is 0 Å². The highest BCUT2D eigenvalue weighted by Crippen LogP contribution is 2.21. The van der Waals surface area contributed by atoms with Crippen molar-refractivity contribution < 1.29 is 4.79 Å². The summed E-state index contributed by atoms with van der Waals surface area (Å²) in [6.45, 7) is 9.26. The Bertz CT molecular complexity index is 440. The summed E-state index contributed by atoms with van der Waals surface area (Å²) in [5, 5.41) is 9.74. The molecule has 0 bridgehead atoms. The molecule has 2 heterocycles. The van der Waals surface area contributed by atoms with E-state index in [-0.39, 0.29) is 11.4 Å². The molecule has 6 heteroatoms. The van der Waals surface area contributed by atoms with Crippen LogP contribution < -0.4 is 15.5 Å². The van der Waals surface area contributed by atoms with Crippen LogP contribution >= 0.6 is 11.3 Å². The molecule has 1 aromatic heterocycles. The fourth-order valence-electron chi connectivity index (χ4n) is 2.27. The standard InChI is InChI=1S/C13H22N4OS/c1-4-17(10(2)18)12-16-11(8-19-12)7-15-13(3)5-6-14-9-13/h8,14-15H,4-7,9H2,1-3H3. The number of aromatic nitrogens is 1. The SMILES string of the molecule is CCN(C(C)=O)c1nc(CNC2(C)CCNC2)cs1. The number of carbonyl (C=O) groups excluding carboxylic acids is 1. The van der Waals surface area contributed by atoms with Crippen LogP contribution in [0.15, 0.2) is 5.38 Å². The topological polar surface area (TPSA) is 57.3 Å². The molecule has 0 radical (unpaired) electrons. The van der Waals surface area contributed by atoms with Crippen molar-refractivity contribution in [2.24, 2.45) is 0 Å². The van der Waals surface area contributed by atoms with Gasteiger partial charge in [-0.3, -0.25) is 9.69 Å². The maximum absolute atomic E-state index is 11.5. The second-order valence-corrected chi connectivity index (χ2v) is 6.06. The van der Waals surface area contributed by atoms with E-state index in [1.807, 2.05) is 12.3 Å². The first-order valence-electron chi connectivity index (χ1n) is 6.72. The van der Waals surface area contributed by atoms with E-state index >= 15 is 0 Å². The number of anilines is 1. The summed E-state index contributed by atoms with van der Waals surface area (Å²) in [6, 6.07) is 0. The number of rotatable bonds is 5. The Morgan fingerprint density at radius 3 is 3.05 bits per heavy atom. The zero-order valence-electron chi connectivity index (χ0n) is 11.8. The van der Waals surface area contributed by atoms with Crippen LogP contribution in [0.2, 0.25) is 0 Å². The monoisotopic (exact) mass is 282 g/mol. The molecule has 1 aliphatic rings. The summed E-state index contributed by atoms with van der Waals surface area (Å²) in [4.78, 5) is 17.7. The fraction of sp³-hybridized carbons (Fsp3) is 0.692. The molecule has 5 nitrogen and oxygen atoms in total. The number of nitrogens with one attached hydrogen (secondary N) is 2. The smallest absolute Gasteiger partial charge is 0.225 e.